The van der Waals surface area contributed by atoms with Gasteiger partial charge in [-0.3, -0.25) is 19.4 Å². The lowest BCUT2D eigenvalue weighted by atomic mass is 10.2. The molecule has 0 aromatic heterocycles. The summed E-state index contributed by atoms with van der Waals surface area (Å²) in [5.74, 6) is 0.226. The second-order valence-electron chi connectivity index (χ2n) is 6.38. The van der Waals surface area contributed by atoms with Crippen LogP contribution >= 0.6 is 0 Å². The van der Waals surface area contributed by atoms with Crippen LogP contribution in [-0.2, 0) is 16.1 Å². The number of amides is 2. The number of likely N-dealkylation sites (N-methyl/N-ethyl adjacent to an activating group) is 1. The molecule has 1 aliphatic heterocycles. The highest BCUT2D eigenvalue weighted by Crippen LogP contribution is 2.04. The zero-order valence-electron chi connectivity index (χ0n) is 15.4. The number of carbonyl (C=O) groups excluding carboxylic acids is 2. The molecule has 1 aliphatic rings. The fraction of sp³-hybridized carbons (Fsp3) is 0.579. The first-order chi connectivity index (χ1) is 12.1. The van der Waals surface area contributed by atoms with Crippen LogP contribution < -0.4 is 5.32 Å². The van der Waals surface area contributed by atoms with Crippen molar-refractivity contribution in [1.29, 1.82) is 0 Å². The summed E-state index contributed by atoms with van der Waals surface area (Å²) >= 11 is 0. The molecule has 138 valence electrons. The molecule has 0 aliphatic carbocycles. The van der Waals surface area contributed by atoms with Gasteiger partial charge in [0.1, 0.15) is 0 Å². The third kappa shape index (κ3) is 6.48. The van der Waals surface area contributed by atoms with Gasteiger partial charge in [-0.25, -0.2) is 0 Å². The fourth-order valence-corrected chi connectivity index (χ4v) is 2.95. The molecule has 0 radical (unpaired) electrons. The summed E-state index contributed by atoms with van der Waals surface area (Å²) in [6, 6.07) is 9.90. The van der Waals surface area contributed by atoms with E-state index in [0.717, 1.165) is 31.7 Å². The molecule has 0 saturated carbocycles. The molecule has 1 heterocycles. The van der Waals surface area contributed by atoms with Crippen LogP contribution in [0.5, 0.6) is 0 Å². The van der Waals surface area contributed by atoms with Crippen molar-refractivity contribution < 1.29 is 9.59 Å². The van der Waals surface area contributed by atoms with Crippen LogP contribution in [0.15, 0.2) is 30.3 Å². The van der Waals surface area contributed by atoms with E-state index in [4.69, 9.17) is 0 Å². The van der Waals surface area contributed by atoms with Crippen molar-refractivity contribution in [3.8, 4) is 0 Å². The lowest BCUT2D eigenvalue weighted by Gasteiger charge is -2.35. The average molecular weight is 346 g/mol. The van der Waals surface area contributed by atoms with Gasteiger partial charge in [0.15, 0.2) is 0 Å². The number of nitrogens with one attached hydrogen (secondary N) is 1. The highest BCUT2D eigenvalue weighted by molar-refractivity contribution is 5.79. The maximum Gasteiger partial charge on any atom is 0.236 e. The Morgan fingerprint density at radius 1 is 1.04 bits per heavy atom. The van der Waals surface area contributed by atoms with Crippen LogP contribution in [0.1, 0.15) is 19.4 Å². The summed E-state index contributed by atoms with van der Waals surface area (Å²) in [6.07, 6.45) is 0. The molecule has 2 amide bonds. The van der Waals surface area contributed by atoms with Gasteiger partial charge in [0.2, 0.25) is 11.8 Å². The molecule has 1 N–H and O–H groups in total. The Morgan fingerprint density at radius 3 is 2.28 bits per heavy atom. The number of nitrogens with zero attached hydrogens (tertiary/aromatic N) is 3. The van der Waals surface area contributed by atoms with Gasteiger partial charge >= 0.3 is 0 Å². The second kappa shape index (κ2) is 10.2. The number of benzene rings is 1. The van der Waals surface area contributed by atoms with Gasteiger partial charge in [-0.1, -0.05) is 44.2 Å². The van der Waals surface area contributed by atoms with Crippen molar-refractivity contribution in [3.63, 3.8) is 0 Å². The van der Waals surface area contributed by atoms with E-state index in [-0.39, 0.29) is 11.8 Å². The SMILES string of the molecule is CCN(CC)CC(=O)N1CCN(CC(=O)NCc2ccccc2)CC1. The largest absolute Gasteiger partial charge is 0.351 e. The summed E-state index contributed by atoms with van der Waals surface area (Å²) in [5, 5.41) is 2.95. The molecule has 1 aromatic carbocycles. The van der Waals surface area contributed by atoms with Crippen LogP contribution in [0.3, 0.4) is 0 Å². The van der Waals surface area contributed by atoms with E-state index in [2.05, 4.69) is 29.0 Å². The molecule has 1 saturated heterocycles. The fourth-order valence-electron chi connectivity index (χ4n) is 2.95. The highest BCUT2D eigenvalue weighted by Gasteiger charge is 2.23. The zero-order valence-corrected chi connectivity index (χ0v) is 15.4. The van der Waals surface area contributed by atoms with Crippen molar-refractivity contribution in [2.45, 2.75) is 20.4 Å². The van der Waals surface area contributed by atoms with E-state index < -0.39 is 0 Å². The van der Waals surface area contributed by atoms with Crippen molar-refractivity contribution in [1.82, 2.24) is 20.0 Å². The van der Waals surface area contributed by atoms with Crippen LogP contribution in [0.25, 0.3) is 0 Å². The molecule has 1 fully saturated rings. The maximum absolute atomic E-state index is 12.3. The summed E-state index contributed by atoms with van der Waals surface area (Å²) < 4.78 is 0. The predicted octanol–water partition coefficient (Wildman–Crippen LogP) is 0.789. The summed E-state index contributed by atoms with van der Waals surface area (Å²) in [5.41, 5.74) is 1.10. The van der Waals surface area contributed by atoms with Crippen molar-refractivity contribution in [2.75, 3.05) is 52.4 Å². The first kappa shape index (κ1) is 19.4. The predicted molar refractivity (Wildman–Crippen MR) is 99.1 cm³/mol. The van der Waals surface area contributed by atoms with Gasteiger partial charge in [0.05, 0.1) is 13.1 Å². The molecule has 0 spiro atoms. The highest BCUT2D eigenvalue weighted by atomic mass is 16.2. The molecule has 2 rings (SSSR count). The van der Waals surface area contributed by atoms with Gasteiger partial charge in [-0.2, -0.15) is 0 Å². The smallest absolute Gasteiger partial charge is 0.236 e. The van der Waals surface area contributed by atoms with Crippen molar-refractivity contribution >= 4 is 11.8 Å². The monoisotopic (exact) mass is 346 g/mol. The first-order valence-electron chi connectivity index (χ1n) is 9.15. The van der Waals surface area contributed by atoms with Crippen molar-refractivity contribution in [3.05, 3.63) is 35.9 Å². The Bertz CT molecular complexity index is 538. The quantitative estimate of drug-likeness (QED) is 0.756. The van der Waals surface area contributed by atoms with Crippen LogP contribution in [0.4, 0.5) is 0 Å². The molecule has 6 heteroatoms. The molecule has 0 unspecified atom stereocenters. The van der Waals surface area contributed by atoms with E-state index in [1.165, 1.54) is 0 Å². The van der Waals surface area contributed by atoms with E-state index >= 15 is 0 Å². The number of carbonyl (C=O) groups is 2. The molecule has 0 atom stereocenters. The summed E-state index contributed by atoms with van der Waals surface area (Å²) in [7, 11) is 0. The second-order valence-corrected chi connectivity index (χ2v) is 6.38. The summed E-state index contributed by atoms with van der Waals surface area (Å²) in [4.78, 5) is 30.5. The van der Waals surface area contributed by atoms with Crippen molar-refractivity contribution in [2.24, 2.45) is 0 Å². The topological polar surface area (TPSA) is 55.9 Å². The molecule has 25 heavy (non-hydrogen) atoms. The number of hydrogen-bond donors (Lipinski definition) is 1. The van der Waals surface area contributed by atoms with Gasteiger partial charge in [0, 0.05) is 32.7 Å². The van der Waals surface area contributed by atoms with E-state index in [9.17, 15) is 9.59 Å². The van der Waals surface area contributed by atoms with Gasteiger partial charge in [-0.05, 0) is 18.7 Å². The van der Waals surface area contributed by atoms with Gasteiger partial charge in [-0.15, -0.1) is 0 Å². The summed E-state index contributed by atoms with van der Waals surface area (Å²) in [6.45, 7) is 10.3. The van der Waals surface area contributed by atoms with Gasteiger partial charge < -0.3 is 10.2 Å². The lowest BCUT2D eigenvalue weighted by Crippen LogP contribution is -2.52. The molecule has 0 bridgehead atoms. The number of hydrogen-bond acceptors (Lipinski definition) is 4. The third-order valence-electron chi connectivity index (χ3n) is 4.68. The van der Waals surface area contributed by atoms with E-state index in [1.54, 1.807) is 0 Å². The van der Waals surface area contributed by atoms with Crippen LogP contribution in [0.2, 0.25) is 0 Å². The minimum Gasteiger partial charge on any atom is -0.351 e. The number of rotatable bonds is 8. The molecular weight excluding hydrogens is 316 g/mol. The Balaban J connectivity index is 1.67. The molecule has 6 nitrogen and oxygen atoms in total. The van der Waals surface area contributed by atoms with Crippen LogP contribution in [0, 0.1) is 0 Å². The number of piperazine rings is 1. The maximum atomic E-state index is 12.3. The third-order valence-corrected chi connectivity index (χ3v) is 4.68. The minimum absolute atomic E-state index is 0.0340. The normalized spacial score (nSPS) is 15.4. The first-order valence-corrected chi connectivity index (χ1v) is 9.15. The standard InChI is InChI=1S/C19H30N4O2/c1-3-21(4-2)16-19(25)23-12-10-22(11-13-23)15-18(24)20-14-17-8-6-5-7-9-17/h5-9H,3-4,10-16H2,1-2H3,(H,20,24). The Labute approximate surface area is 150 Å². The Morgan fingerprint density at radius 2 is 1.68 bits per heavy atom. The molecule has 1 aromatic rings. The lowest BCUT2D eigenvalue weighted by molar-refractivity contribution is -0.134. The average Bonchev–Trinajstić information content (AvgIpc) is 2.65. The Hall–Kier alpha value is -1.92. The minimum atomic E-state index is 0.0340. The van der Waals surface area contributed by atoms with Crippen LogP contribution in [-0.4, -0.2) is 78.9 Å². The van der Waals surface area contributed by atoms with Gasteiger partial charge in [0.25, 0.3) is 0 Å². The Kier molecular flexibility index (Phi) is 7.88. The van der Waals surface area contributed by atoms with E-state index in [1.807, 2.05) is 35.2 Å². The molecular formula is C19H30N4O2. The zero-order chi connectivity index (χ0) is 18.1. The van der Waals surface area contributed by atoms with E-state index in [0.29, 0.717) is 32.7 Å².